The molecule has 0 aliphatic carbocycles. The Bertz CT molecular complexity index is 741. The molecule has 3 rings (SSSR count). The molecule has 2 aromatic rings. The molecule has 120 valence electrons. The van der Waals surface area contributed by atoms with Gasteiger partial charge in [-0.15, -0.1) is 0 Å². The topological polar surface area (TPSA) is 75.4 Å². The third-order valence-electron chi connectivity index (χ3n) is 3.83. The van der Waals surface area contributed by atoms with Gasteiger partial charge >= 0.3 is 0 Å². The highest BCUT2D eigenvalue weighted by atomic mass is 19.1. The number of nitrogens with zero attached hydrogens (tertiary/aromatic N) is 2. The molecule has 0 saturated carbocycles. The fourth-order valence-electron chi connectivity index (χ4n) is 2.54. The molecule has 0 radical (unpaired) electrons. The molecular weight excluding hydrogens is 301 g/mol. The van der Waals surface area contributed by atoms with Crippen LogP contribution in [-0.4, -0.2) is 40.5 Å². The SMILES string of the molecule is CC1CN(C(=O)c2cc(-c3ccc(F)cc3)no2)C(C)C(=O)N1. The summed E-state index contributed by atoms with van der Waals surface area (Å²) in [6.45, 7) is 3.89. The van der Waals surface area contributed by atoms with Crippen LogP contribution in [0.2, 0.25) is 0 Å². The number of piperazine rings is 1. The number of carbonyl (C=O) groups excluding carboxylic acids is 2. The second-order valence-electron chi connectivity index (χ2n) is 5.63. The molecule has 1 aromatic heterocycles. The van der Waals surface area contributed by atoms with Crippen molar-refractivity contribution >= 4 is 11.8 Å². The van der Waals surface area contributed by atoms with Crippen molar-refractivity contribution in [1.82, 2.24) is 15.4 Å². The highest BCUT2D eigenvalue weighted by molar-refractivity contribution is 5.96. The summed E-state index contributed by atoms with van der Waals surface area (Å²) in [4.78, 5) is 25.8. The number of hydrogen-bond donors (Lipinski definition) is 1. The van der Waals surface area contributed by atoms with Gasteiger partial charge in [-0.1, -0.05) is 5.16 Å². The van der Waals surface area contributed by atoms with E-state index in [2.05, 4.69) is 10.5 Å². The molecule has 1 N–H and O–H groups in total. The van der Waals surface area contributed by atoms with Gasteiger partial charge in [0.15, 0.2) is 0 Å². The van der Waals surface area contributed by atoms with E-state index in [9.17, 15) is 14.0 Å². The summed E-state index contributed by atoms with van der Waals surface area (Å²) >= 11 is 0. The number of amides is 2. The number of rotatable bonds is 2. The molecule has 2 heterocycles. The van der Waals surface area contributed by atoms with Gasteiger partial charge in [-0.05, 0) is 38.1 Å². The molecule has 2 unspecified atom stereocenters. The van der Waals surface area contributed by atoms with E-state index in [4.69, 9.17) is 4.52 Å². The molecule has 2 amide bonds. The summed E-state index contributed by atoms with van der Waals surface area (Å²) in [5, 5.41) is 6.64. The van der Waals surface area contributed by atoms with Gasteiger partial charge in [0.05, 0.1) is 0 Å². The zero-order valence-corrected chi connectivity index (χ0v) is 12.7. The molecule has 1 fully saturated rings. The standard InChI is InChI=1S/C16H16FN3O3/c1-9-8-20(10(2)15(21)18-9)16(22)14-7-13(19-23-14)11-3-5-12(17)6-4-11/h3-7,9-10H,8H2,1-2H3,(H,18,21). The highest BCUT2D eigenvalue weighted by Gasteiger charge is 2.34. The van der Waals surface area contributed by atoms with E-state index in [1.54, 1.807) is 19.1 Å². The fourth-order valence-corrected chi connectivity index (χ4v) is 2.54. The first kappa shape index (κ1) is 15.2. The van der Waals surface area contributed by atoms with E-state index in [-0.39, 0.29) is 29.4 Å². The third kappa shape index (κ3) is 2.94. The van der Waals surface area contributed by atoms with Gasteiger partial charge in [-0.25, -0.2) is 4.39 Å². The first-order chi connectivity index (χ1) is 11.0. The molecule has 1 saturated heterocycles. The molecule has 7 heteroatoms. The zero-order chi connectivity index (χ0) is 16.6. The Balaban J connectivity index is 1.83. The van der Waals surface area contributed by atoms with Gasteiger partial charge in [0, 0.05) is 24.2 Å². The maximum Gasteiger partial charge on any atom is 0.293 e. The average Bonchev–Trinajstić information content (AvgIpc) is 3.01. The van der Waals surface area contributed by atoms with Gasteiger partial charge in [0.1, 0.15) is 17.6 Å². The van der Waals surface area contributed by atoms with E-state index in [1.807, 2.05) is 6.92 Å². The average molecular weight is 317 g/mol. The molecule has 6 nitrogen and oxygen atoms in total. The Kier molecular flexibility index (Phi) is 3.85. The van der Waals surface area contributed by atoms with Crippen molar-refractivity contribution in [2.45, 2.75) is 25.9 Å². The van der Waals surface area contributed by atoms with Crippen molar-refractivity contribution in [3.63, 3.8) is 0 Å². The lowest BCUT2D eigenvalue weighted by atomic mass is 10.1. The minimum atomic E-state index is -0.571. The second-order valence-corrected chi connectivity index (χ2v) is 5.63. The van der Waals surface area contributed by atoms with Crippen LogP contribution in [-0.2, 0) is 4.79 Å². The molecular formula is C16H16FN3O3. The number of benzene rings is 1. The number of carbonyl (C=O) groups is 2. The molecule has 1 aliphatic heterocycles. The Labute approximate surface area is 132 Å². The van der Waals surface area contributed by atoms with E-state index in [0.717, 1.165) is 0 Å². The molecule has 23 heavy (non-hydrogen) atoms. The van der Waals surface area contributed by atoms with Crippen LogP contribution in [0.5, 0.6) is 0 Å². The van der Waals surface area contributed by atoms with Gasteiger partial charge in [0.25, 0.3) is 5.91 Å². The van der Waals surface area contributed by atoms with Crippen LogP contribution >= 0.6 is 0 Å². The van der Waals surface area contributed by atoms with Crippen LogP contribution in [0.4, 0.5) is 4.39 Å². The van der Waals surface area contributed by atoms with E-state index >= 15 is 0 Å². The Morgan fingerprint density at radius 1 is 1.35 bits per heavy atom. The first-order valence-electron chi connectivity index (χ1n) is 7.29. The monoisotopic (exact) mass is 317 g/mol. The van der Waals surface area contributed by atoms with Gasteiger partial charge in [0.2, 0.25) is 11.7 Å². The smallest absolute Gasteiger partial charge is 0.293 e. The van der Waals surface area contributed by atoms with Crippen LogP contribution < -0.4 is 5.32 Å². The van der Waals surface area contributed by atoms with Gasteiger partial charge in [-0.2, -0.15) is 0 Å². The third-order valence-corrected chi connectivity index (χ3v) is 3.83. The second kappa shape index (κ2) is 5.83. The first-order valence-corrected chi connectivity index (χ1v) is 7.29. The summed E-state index contributed by atoms with van der Waals surface area (Å²) < 4.78 is 18.1. The maximum absolute atomic E-state index is 13.0. The number of aromatic nitrogens is 1. The van der Waals surface area contributed by atoms with E-state index < -0.39 is 6.04 Å². The number of halogens is 1. The highest BCUT2D eigenvalue weighted by Crippen LogP contribution is 2.21. The minimum absolute atomic E-state index is 0.0538. The van der Waals surface area contributed by atoms with Crippen molar-refractivity contribution in [1.29, 1.82) is 0 Å². The maximum atomic E-state index is 13.0. The normalized spacial score (nSPS) is 21.2. The summed E-state index contributed by atoms with van der Waals surface area (Å²) in [6, 6.07) is 6.54. The van der Waals surface area contributed by atoms with Crippen LogP contribution in [0, 0.1) is 5.82 Å². The number of hydrogen-bond acceptors (Lipinski definition) is 4. The summed E-state index contributed by atoms with van der Waals surface area (Å²) in [6.07, 6.45) is 0. The van der Waals surface area contributed by atoms with Crippen molar-refractivity contribution in [2.24, 2.45) is 0 Å². The van der Waals surface area contributed by atoms with Gasteiger partial charge in [-0.3, -0.25) is 9.59 Å². The van der Waals surface area contributed by atoms with Crippen molar-refractivity contribution in [2.75, 3.05) is 6.54 Å². The van der Waals surface area contributed by atoms with Gasteiger partial charge < -0.3 is 14.7 Å². The Morgan fingerprint density at radius 3 is 2.74 bits per heavy atom. The lowest BCUT2D eigenvalue weighted by Crippen LogP contribution is -2.59. The largest absolute Gasteiger partial charge is 0.350 e. The lowest BCUT2D eigenvalue weighted by Gasteiger charge is -2.35. The van der Waals surface area contributed by atoms with Crippen molar-refractivity contribution < 1.29 is 18.5 Å². The predicted octanol–water partition coefficient (Wildman–Crippen LogP) is 1.83. The quantitative estimate of drug-likeness (QED) is 0.917. The molecule has 1 aromatic carbocycles. The molecule has 1 aliphatic rings. The van der Waals surface area contributed by atoms with Crippen LogP contribution in [0.15, 0.2) is 34.9 Å². The van der Waals surface area contributed by atoms with Crippen molar-refractivity contribution in [3.8, 4) is 11.3 Å². The Morgan fingerprint density at radius 2 is 2.04 bits per heavy atom. The van der Waals surface area contributed by atoms with Crippen LogP contribution in [0.1, 0.15) is 24.4 Å². The van der Waals surface area contributed by atoms with Crippen LogP contribution in [0.25, 0.3) is 11.3 Å². The summed E-state index contributed by atoms with van der Waals surface area (Å²) in [7, 11) is 0. The van der Waals surface area contributed by atoms with E-state index in [0.29, 0.717) is 17.8 Å². The Hall–Kier alpha value is -2.70. The predicted molar refractivity (Wildman–Crippen MR) is 80.0 cm³/mol. The fraction of sp³-hybridized carbons (Fsp3) is 0.312. The minimum Gasteiger partial charge on any atom is -0.350 e. The summed E-state index contributed by atoms with van der Waals surface area (Å²) in [5.41, 5.74) is 1.09. The number of nitrogens with one attached hydrogen (secondary N) is 1. The van der Waals surface area contributed by atoms with Crippen LogP contribution in [0.3, 0.4) is 0 Å². The van der Waals surface area contributed by atoms with E-state index in [1.165, 1.54) is 23.1 Å². The summed E-state index contributed by atoms with van der Waals surface area (Å²) in [5.74, 6) is -0.885. The van der Waals surface area contributed by atoms with Crippen molar-refractivity contribution in [3.05, 3.63) is 41.9 Å². The lowest BCUT2D eigenvalue weighted by molar-refractivity contribution is -0.128. The molecule has 2 atom stereocenters. The zero-order valence-electron chi connectivity index (χ0n) is 12.7. The molecule has 0 bridgehead atoms. The molecule has 0 spiro atoms.